The second-order valence-corrected chi connectivity index (χ2v) is 10.5. The quantitative estimate of drug-likeness (QED) is 0.523. The van der Waals surface area contributed by atoms with Gasteiger partial charge in [-0.25, -0.2) is 9.59 Å². The largest absolute Gasteiger partial charge is 0.420 e. The Morgan fingerprint density at radius 1 is 1.07 bits per heavy atom. The van der Waals surface area contributed by atoms with Gasteiger partial charge in [0.15, 0.2) is 0 Å². The van der Waals surface area contributed by atoms with E-state index in [-0.39, 0.29) is 23.2 Å². The molecule has 0 saturated heterocycles. The van der Waals surface area contributed by atoms with Gasteiger partial charge in [-0.3, -0.25) is 5.32 Å². The lowest BCUT2D eigenvalue weighted by Crippen LogP contribution is -2.51. The van der Waals surface area contributed by atoms with Gasteiger partial charge in [-0.05, 0) is 44.4 Å². The number of carbonyl (C=O) groups excluding carboxylic acids is 2. The summed E-state index contributed by atoms with van der Waals surface area (Å²) in [7, 11) is -4.44. The molecule has 0 aliphatic heterocycles. The molecule has 1 heterocycles. The van der Waals surface area contributed by atoms with Gasteiger partial charge in [0.05, 0.1) is 0 Å². The van der Waals surface area contributed by atoms with Crippen molar-refractivity contribution >= 4 is 38.7 Å². The highest BCUT2D eigenvalue weighted by molar-refractivity contribution is 7.89. The zero-order chi connectivity index (χ0) is 21.0. The molecule has 1 aromatic heterocycles. The first-order valence-corrected chi connectivity index (χ1v) is 12.2. The zero-order valence-electron chi connectivity index (χ0n) is 16.4. The Morgan fingerprint density at radius 3 is 2.31 bits per heavy atom. The molecule has 12 heteroatoms. The van der Waals surface area contributed by atoms with Gasteiger partial charge in [0.1, 0.15) is 0 Å². The highest BCUT2D eigenvalue weighted by atomic mass is 32.3. The molecule has 0 atom stereocenters. The van der Waals surface area contributed by atoms with E-state index in [1.165, 1.54) is 6.42 Å². The number of amides is 3. The normalized spacial score (nSPS) is 23.3. The number of hydrogen-bond donors (Lipinski definition) is 2. The van der Waals surface area contributed by atoms with Crippen molar-refractivity contribution in [3.8, 4) is 0 Å². The fraction of sp³-hybridized carbons (Fsp3) is 0.765. The summed E-state index contributed by atoms with van der Waals surface area (Å²) in [6, 6.07) is 0.0625. The molecule has 10 nitrogen and oxygen atoms in total. The molecule has 3 amide bonds. The Hall–Kier alpha value is -1.95. The third-order valence-electron chi connectivity index (χ3n) is 5.61. The van der Waals surface area contributed by atoms with Crippen molar-refractivity contribution in [1.29, 1.82) is 0 Å². The predicted octanol–water partition coefficient (Wildman–Crippen LogP) is 3.07. The number of nitrogens with zero attached hydrogens (tertiary/aromatic N) is 3. The molecule has 2 aliphatic carbocycles. The molecule has 0 spiro atoms. The molecule has 162 valence electrons. The van der Waals surface area contributed by atoms with Crippen molar-refractivity contribution in [2.24, 2.45) is 11.7 Å². The molecular formula is C17H27N5O5S2. The molecule has 2 fully saturated rings. The van der Waals surface area contributed by atoms with Crippen LogP contribution in [-0.4, -0.2) is 47.7 Å². The summed E-state index contributed by atoms with van der Waals surface area (Å²) < 4.78 is 27.3. The van der Waals surface area contributed by atoms with Crippen molar-refractivity contribution in [2.75, 3.05) is 5.32 Å². The summed E-state index contributed by atoms with van der Waals surface area (Å²) in [4.78, 5) is 25.8. The molecule has 3 N–H and O–H groups in total. The number of urea groups is 1. The van der Waals surface area contributed by atoms with Crippen molar-refractivity contribution in [2.45, 2.75) is 81.1 Å². The lowest BCUT2D eigenvalue weighted by Gasteiger charge is -2.42. The van der Waals surface area contributed by atoms with Crippen LogP contribution in [0.3, 0.4) is 0 Å². The third kappa shape index (κ3) is 5.56. The van der Waals surface area contributed by atoms with Gasteiger partial charge in [0.2, 0.25) is 5.13 Å². The van der Waals surface area contributed by atoms with Crippen molar-refractivity contribution in [1.82, 2.24) is 15.1 Å². The summed E-state index contributed by atoms with van der Waals surface area (Å²) in [5.74, 6) is 0.670. The van der Waals surface area contributed by atoms with E-state index in [1.54, 1.807) is 0 Å². The Morgan fingerprint density at radius 2 is 1.69 bits per heavy atom. The highest BCUT2D eigenvalue weighted by Crippen LogP contribution is 2.33. The van der Waals surface area contributed by atoms with Gasteiger partial charge in [0, 0.05) is 12.1 Å². The minimum Gasteiger partial charge on any atom is -0.334 e. The van der Waals surface area contributed by atoms with E-state index < -0.39 is 20.6 Å². The SMILES string of the molecule is CC1CCC(N(C(=O)Nc2nnc(S(=O)(=O)OC(N)=O)s2)C2CCCCC2)CC1. The molecule has 0 aromatic carbocycles. The smallest absolute Gasteiger partial charge is 0.334 e. The van der Waals surface area contributed by atoms with Crippen LogP contribution in [0.2, 0.25) is 0 Å². The molecule has 2 saturated carbocycles. The molecule has 29 heavy (non-hydrogen) atoms. The molecule has 0 unspecified atom stereocenters. The van der Waals surface area contributed by atoms with Gasteiger partial charge < -0.3 is 14.8 Å². The lowest BCUT2D eigenvalue weighted by molar-refractivity contribution is 0.105. The van der Waals surface area contributed by atoms with Gasteiger partial charge in [0.25, 0.3) is 4.34 Å². The second-order valence-electron chi connectivity index (χ2n) is 7.77. The van der Waals surface area contributed by atoms with Gasteiger partial charge in [-0.15, -0.1) is 10.2 Å². The summed E-state index contributed by atoms with van der Waals surface area (Å²) in [6.07, 6.45) is 7.99. The van der Waals surface area contributed by atoms with E-state index in [1.807, 2.05) is 4.90 Å². The van der Waals surface area contributed by atoms with Crippen LogP contribution in [0.25, 0.3) is 0 Å². The summed E-state index contributed by atoms with van der Waals surface area (Å²) in [5, 5.41) is 9.94. The average molecular weight is 446 g/mol. The minimum atomic E-state index is -4.44. The first-order chi connectivity index (χ1) is 13.8. The maximum atomic E-state index is 13.1. The van der Waals surface area contributed by atoms with Gasteiger partial charge >= 0.3 is 22.2 Å². The van der Waals surface area contributed by atoms with E-state index in [2.05, 4.69) is 26.6 Å². The molecule has 0 bridgehead atoms. The third-order valence-corrected chi connectivity index (χ3v) is 8.00. The Labute approximate surface area is 174 Å². The minimum absolute atomic E-state index is 0.0339. The monoisotopic (exact) mass is 445 g/mol. The first kappa shape index (κ1) is 21.8. The van der Waals surface area contributed by atoms with Crippen molar-refractivity contribution in [3.05, 3.63) is 0 Å². The van der Waals surface area contributed by atoms with E-state index in [0.29, 0.717) is 17.3 Å². The molecule has 0 radical (unpaired) electrons. The Bertz CT molecular complexity index is 829. The molecule has 2 aliphatic rings. The predicted molar refractivity (Wildman–Crippen MR) is 107 cm³/mol. The van der Waals surface area contributed by atoms with Crippen LogP contribution in [0.4, 0.5) is 14.7 Å². The zero-order valence-corrected chi connectivity index (χ0v) is 18.0. The number of nitrogens with two attached hydrogens (primary N) is 1. The number of anilines is 1. The summed E-state index contributed by atoms with van der Waals surface area (Å²) >= 11 is 0.620. The Kier molecular flexibility index (Phi) is 6.93. The van der Waals surface area contributed by atoms with Crippen LogP contribution < -0.4 is 11.1 Å². The highest BCUT2D eigenvalue weighted by Gasteiger charge is 2.34. The van der Waals surface area contributed by atoms with Crippen LogP contribution in [-0.2, 0) is 14.3 Å². The standard InChI is InChI=1S/C17H27N5O5S2/c1-11-7-9-13(10-8-11)22(12-5-3-2-4-6-12)16(24)19-15-20-21-17(28-15)29(25,26)27-14(18)23/h11-13H,2-10H2,1H3,(H2,18,23)(H,19,20,24). The van der Waals surface area contributed by atoms with Crippen molar-refractivity contribution < 1.29 is 22.2 Å². The van der Waals surface area contributed by atoms with E-state index >= 15 is 0 Å². The number of aromatic nitrogens is 2. The van der Waals surface area contributed by atoms with Gasteiger partial charge in [-0.2, -0.15) is 8.42 Å². The summed E-state index contributed by atoms with van der Waals surface area (Å²) in [6.45, 7) is 2.23. The number of nitrogens with one attached hydrogen (secondary N) is 1. The van der Waals surface area contributed by atoms with Crippen LogP contribution in [0, 0.1) is 5.92 Å². The van der Waals surface area contributed by atoms with Gasteiger partial charge in [-0.1, -0.05) is 37.5 Å². The molecule has 1 aromatic rings. The second kappa shape index (κ2) is 9.24. The molecular weight excluding hydrogens is 418 g/mol. The van der Waals surface area contributed by atoms with Crippen LogP contribution in [0.5, 0.6) is 0 Å². The average Bonchev–Trinajstić information content (AvgIpc) is 3.13. The maximum absolute atomic E-state index is 13.1. The van der Waals surface area contributed by atoms with Crippen LogP contribution in [0.15, 0.2) is 4.34 Å². The Balaban J connectivity index is 1.73. The number of rotatable bonds is 5. The fourth-order valence-electron chi connectivity index (χ4n) is 4.17. The lowest BCUT2D eigenvalue weighted by atomic mass is 9.84. The summed E-state index contributed by atoms with van der Waals surface area (Å²) in [5.41, 5.74) is 4.76. The van der Waals surface area contributed by atoms with Crippen molar-refractivity contribution in [3.63, 3.8) is 0 Å². The van der Waals surface area contributed by atoms with Crippen LogP contribution in [0.1, 0.15) is 64.7 Å². The van der Waals surface area contributed by atoms with E-state index in [0.717, 1.165) is 51.4 Å². The van der Waals surface area contributed by atoms with Crippen LogP contribution >= 0.6 is 11.3 Å². The molecule has 3 rings (SSSR count). The number of carbonyl (C=O) groups is 2. The van der Waals surface area contributed by atoms with E-state index in [4.69, 9.17) is 5.73 Å². The fourth-order valence-corrected chi connectivity index (χ4v) is 5.81. The maximum Gasteiger partial charge on any atom is 0.420 e. The van der Waals surface area contributed by atoms with E-state index in [9.17, 15) is 18.0 Å². The number of hydrogen-bond acceptors (Lipinski definition) is 8. The first-order valence-electron chi connectivity index (χ1n) is 9.93. The topological polar surface area (TPSA) is 145 Å². The number of primary amides is 1.